The Morgan fingerprint density at radius 1 is 1.29 bits per heavy atom. The van der Waals surface area contributed by atoms with Crippen molar-refractivity contribution < 1.29 is 4.79 Å². The number of fused-ring (bicyclic) bond motifs is 1. The van der Waals surface area contributed by atoms with Crippen molar-refractivity contribution in [3.63, 3.8) is 0 Å². The topological polar surface area (TPSA) is 29.1 Å². The third-order valence-electron chi connectivity index (χ3n) is 2.53. The quantitative estimate of drug-likeness (QED) is 0.728. The van der Waals surface area contributed by atoms with Gasteiger partial charge in [0.2, 0.25) is 5.91 Å². The first-order valence-corrected chi connectivity index (χ1v) is 4.99. The van der Waals surface area contributed by atoms with Crippen molar-refractivity contribution in [1.29, 1.82) is 0 Å². The second-order valence-corrected chi connectivity index (χ2v) is 4.73. The molecule has 0 aliphatic carbocycles. The SMILES string of the molecule is CC1(C)C(=O)Nc2c(Cl)cc(Cl)cc21. The van der Waals surface area contributed by atoms with Crippen LogP contribution in [-0.2, 0) is 10.2 Å². The molecule has 0 saturated carbocycles. The largest absolute Gasteiger partial charge is 0.324 e. The molecule has 0 bridgehead atoms. The molecule has 2 nitrogen and oxygen atoms in total. The highest BCUT2D eigenvalue weighted by molar-refractivity contribution is 6.37. The maximum absolute atomic E-state index is 11.6. The zero-order chi connectivity index (χ0) is 10.5. The van der Waals surface area contributed by atoms with E-state index in [9.17, 15) is 4.79 Å². The number of carbonyl (C=O) groups excluding carboxylic acids is 1. The van der Waals surface area contributed by atoms with Gasteiger partial charge in [0, 0.05) is 5.02 Å². The Labute approximate surface area is 92.2 Å². The summed E-state index contributed by atoms with van der Waals surface area (Å²) in [6.07, 6.45) is 0. The molecule has 0 atom stereocenters. The first kappa shape index (κ1) is 9.81. The smallest absolute Gasteiger partial charge is 0.234 e. The second-order valence-electron chi connectivity index (χ2n) is 3.89. The Morgan fingerprint density at radius 2 is 1.93 bits per heavy atom. The molecule has 1 aliphatic rings. The highest BCUT2D eigenvalue weighted by Crippen LogP contribution is 2.42. The van der Waals surface area contributed by atoms with Crippen molar-refractivity contribution in [2.24, 2.45) is 0 Å². The number of anilines is 1. The lowest BCUT2D eigenvalue weighted by molar-refractivity contribution is -0.119. The van der Waals surface area contributed by atoms with Crippen LogP contribution in [0.25, 0.3) is 0 Å². The molecule has 74 valence electrons. The monoisotopic (exact) mass is 229 g/mol. The van der Waals surface area contributed by atoms with Crippen LogP contribution in [0.15, 0.2) is 12.1 Å². The van der Waals surface area contributed by atoms with Crippen molar-refractivity contribution in [2.75, 3.05) is 5.32 Å². The van der Waals surface area contributed by atoms with E-state index >= 15 is 0 Å². The van der Waals surface area contributed by atoms with E-state index in [-0.39, 0.29) is 5.91 Å². The van der Waals surface area contributed by atoms with E-state index in [4.69, 9.17) is 23.2 Å². The first-order valence-electron chi connectivity index (χ1n) is 4.24. The predicted molar refractivity (Wildman–Crippen MR) is 58.1 cm³/mol. The van der Waals surface area contributed by atoms with Crippen LogP contribution in [0, 0.1) is 0 Å². The molecule has 1 heterocycles. The Kier molecular flexibility index (Phi) is 2.02. The summed E-state index contributed by atoms with van der Waals surface area (Å²) in [6, 6.07) is 3.41. The van der Waals surface area contributed by atoms with Gasteiger partial charge in [-0.3, -0.25) is 4.79 Å². The summed E-state index contributed by atoms with van der Waals surface area (Å²) in [5, 5.41) is 3.80. The zero-order valence-electron chi connectivity index (χ0n) is 7.82. The number of nitrogens with one attached hydrogen (secondary N) is 1. The maximum Gasteiger partial charge on any atom is 0.234 e. The van der Waals surface area contributed by atoms with E-state index in [1.807, 2.05) is 13.8 Å². The summed E-state index contributed by atoms with van der Waals surface area (Å²) in [4.78, 5) is 11.6. The van der Waals surface area contributed by atoms with Crippen molar-refractivity contribution in [1.82, 2.24) is 0 Å². The minimum absolute atomic E-state index is 0.0448. The van der Waals surface area contributed by atoms with E-state index in [1.54, 1.807) is 12.1 Å². The molecule has 1 aromatic carbocycles. The lowest BCUT2D eigenvalue weighted by atomic mass is 9.86. The van der Waals surface area contributed by atoms with Crippen LogP contribution < -0.4 is 5.32 Å². The Bertz CT molecular complexity index is 426. The van der Waals surface area contributed by atoms with Crippen LogP contribution >= 0.6 is 23.2 Å². The van der Waals surface area contributed by atoms with E-state index in [0.29, 0.717) is 15.7 Å². The molecule has 0 unspecified atom stereocenters. The molecule has 0 aromatic heterocycles. The summed E-state index contributed by atoms with van der Waals surface area (Å²) in [5.41, 5.74) is 0.996. The number of amides is 1. The number of hydrogen-bond acceptors (Lipinski definition) is 1. The van der Waals surface area contributed by atoms with Gasteiger partial charge in [0.05, 0.1) is 16.1 Å². The van der Waals surface area contributed by atoms with E-state index in [1.165, 1.54) is 0 Å². The lowest BCUT2D eigenvalue weighted by Crippen LogP contribution is -2.26. The Balaban J connectivity index is 2.71. The van der Waals surface area contributed by atoms with Gasteiger partial charge >= 0.3 is 0 Å². The predicted octanol–water partition coefficient (Wildman–Crippen LogP) is 3.22. The van der Waals surface area contributed by atoms with Crippen LogP contribution in [0.5, 0.6) is 0 Å². The number of rotatable bonds is 0. The van der Waals surface area contributed by atoms with Gasteiger partial charge in [-0.25, -0.2) is 0 Å². The summed E-state index contributed by atoms with van der Waals surface area (Å²) in [5.74, 6) is -0.0448. The fourth-order valence-electron chi connectivity index (χ4n) is 1.59. The average Bonchev–Trinajstić information content (AvgIpc) is 2.28. The molecule has 0 radical (unpaired) electrons. The molecule has 1 aliphatic heterocycles. The molecule has 1 N–H and O–H groups in total. The molecule has 0 spiro atoms. The average molecular weight is 230 g/mol. The molecule has 1 amide bonds. The third kappa shape index (κ3) is 1.22. The summed E-state index contributed by atoms with van der Waals surface area (Å²) >= 11 is 11.8. The minimum Gasteiger partial charge on any atom is -0.324 e. The van der Waals surface area contributed by atoms with Crippen LogP contribution in [0.1, 0.15) is 19.4 Å². The van der Waals surface area contributed by atoms with Gasteiger partial charge in [-0.2, -0.15) is 0 Å². The third-order valence-corrected chi connectivity index (χ3v) is 3.05. The number of benzene rings is 1. The highest BCUT2D eigenvalue weighted by atomic mass is 35.5. The summed E-state index contributed by atoms with van der Waals surface area (Å²) in [7, 11) is 0. The Morgan fingerprint density at radius 3 is 2.57 bits per heavy atom. The zero-order valence-corrected chi connectivity index (χ0v) is 9.33. The molecular weight excluding hydrogens is 221 g/mol. The molecule has 2 rings (SSSR count). The summed E-state index contributed by atoms with van der Waals surface area (Å²) < 4.78 is 0. The number of halogens is 2. The molecule has 0 saturated heterocycles. The van der Waals surface area contributed by atoms with Gasteiger partial charge in [0.1, 0.15) is 0 Å². The van der Waals surface area contributed by atoms with Gasteiger partial charge in [-0.05, 0) is 31.5 Å². The fourth-order valence-corrected chi connectivity index (χ4v) is 2.13. The Hall–Kier alpha value is -0.730. The van der Waals surface area contributed by atoms with Gasteiger partial charge in [-0.1, -0.05) is 23.2 Å². The van der Waals surface area contributed by atoms with Crippen LogP contribution in [0.4, 0.5) is 5.69 Å². The van der Waals surface area contributed by atoms with Crippen LogP contribution in [0.2, 0.25) is 10.0 Å². The first-order chi connectivity index (χ1) is 6.43. The molecule has 4 heteroatoms. The normalized spacial score (nSPS) is 17.9. The lowest BCUT2D eigenvalue weighted by Gasteiger charge is -2.15. The molecular formula is C10H9Cl2NO. The maximum atomic E-state index is 11.6. The van der Waals surface area contributed by atoms with Crippen molar-refractivity contribution in [3.05, 3.63) is 27.7 Å². The van der Waals surface area contributed by atoms with E-state index in [2.05, 4.69) is 5.32 Å². The van der Waals surface area contributed by atoms with Crippen LogP contribution in [-0.4, -0.2) is 5.91 Å². The number of carbonyl (C=O) groups is 1. The second kappa shape index (κ2) is 2.88. The summed E-state index contributed by atoms with van der Waals surface area (Å²) in [6.45, 7) is 3.70. The van der Waals surface area contributed by atoms with Crippen molar-refractivity contribution in [3.8, 4) is 0 Å². The molecule has 14 heavy (non-hydrogen) atoms. The van der Waals surface area contributed by atoms with Gasteiger partial charge in [-0.15, -0.1) is 0 Å². The van der Waals surface area contributed by atoms with Gasteiger partial charge in [0.25, 0.3) is 0 Å². The highest BCUT2D eigenvalue weighted by Gasteiger charge is 2.39. The molecule has 0 fully saturated rings. The minimum atomic E-state index is -0.552. The van der Waals surface area contributed by atoms with Gasteiger partial charge in [0.15, 0.2) is 0 Å². The standard InChI is InChI=1S/C10H9Cl2NO/c1-10(2)6-3-5(11)4-7(12)8(6)13-9(10)14/h3-4H,1-2H3,(H,13,14). The molecule has 1 aromatic rings. The fraction of sp³-hybridized carbons (Fsp3) is 0.300. The van der Waals surface area contributed by atoms with E-state index in [0.717, 1.165) is 5.56 Å². The number of hydrogen-bond donors (Lipinski definition) is 1. The van der Waals surface area contributed by atoms with Gasteiger partial charge < -0.3 is 5.32 Å². The van der Waals surface area contributed by atoms with Crippen LogP contribution in [0.3, 0.4) is 0 Å². The van der Waals surface area contributed by atoms with Crippen molar-refractivity contribution >= 4 is 34.8 Å². The van der Waals surface area contributed by atoms with Crippen molar-refractivity contribution in [2.45, 2.75) is 19.3 Å². The van der Waals surface area contributed by atoms with E-state index < -0.39 is 5.41 Å².